The Bertz CT molecular complexity index is 1340. The molecule has 2 aliphatic rings. The largest absolute Gasteiger partial charge is 0.479 e. The third kappa shape index (κ3) is 5.35. The van der Waals surface area contributed by atoms with Crippen LogP contribution in [-0.2, 0) is 33.1 Å². The molecule has 1 aromatic heterocycles. The number of piperidine rings is 1. The standard InChI is InChI=1S/C27H24F3N3O4/c28-22-6-5-19(11-23(22)29)26(32-37-16-25(34)35)18-3-1-17(2-4-18)14-33-9-7-27(8-10-33)21-13-31-24(30)12-20(21)15-36-27/h1-6,11-13H,7-10,14-16H2,(H,34,35). The van der Waals surface area contributed by atoms with Gasteiger partial charge in [-0.1, -0.05) is 29.4 Å². The molecule has 1 saturated heterocycles. The van der Waals surface area contributed by atoms with Crippen LogP contribution in [0.2, 0.25) is 0 Å². The molecular formula is C27H24F3N3O4. The maximum Gasteiger partial charge on any atom is 0.344 e. The van der Waals surface area contributed by atoms with Crippen LogP contribution in [0.25, 0.3) is 0 Å². The number of aliphatic carboxylic acids is 1. The molecule has 10 heteroatoms. The minimum absolute atomic E-state index is 0.189. The topological polar surface area (TPSA) is 84.2 Å². The first kappa shape index (κ1) is 24.9. The summed E-state index contributed by atoms with van der Waals surface area (Å²) in [7, 11) is 0. The van der Waals surface area contributed by atoms with E-state index < -0.39 is 35.8 Å². The van der Waals surface area contributed by atoms with Crippen molar-refractivity contribution in [1.82, 2.24) is 9.88 Å². The van der Waals surface area contributed by atoms with Crippen LogP contribution in [0.5, 0.6) is 0 Å². The third-order valence-corrected chi connectivity index (χ3v) is 6.79. The Balaban J connectivity index is 1.27. The normalized spacial score (nSPS) is 17.1. The van der Waals surface area contributed by atoms with Crippen LogP contribution in [0.1, 0.15) is 40.7 Å². The average molecular weight is 512 g/mol. The Morgan fingerprint density at radius 3 is 2.49 bits per heavy atom. The van der Waals surface area contributed by atoms with E-state index in [-0.39, 0.29) is 11.3 Å². The van der Waals surface area contributed by atoms with Gasteiger partial charge in [-0.05, 0) is 48.2 Å². The van der Waals surface area contributed by atoms with Gasteiger partial charge in [-0.25, -0.2) is 18.6 Å². The zero-order valence-corrected chi connectivity index (χ0v) is 19.8. The van der Waals surface area contributed by atoms with Crippen molar-refractivity contribution in [2.45, 2.75) is 31.6 Å². The van der Waals surface area contributed by atoms with Crippen molar-refractivity contribution in [2.24, 2.45) is 5.16 Å². The number of benzene rings is 2. The maximum absolute atomic E-state index is 13.8. The molecule has 37 heavy (non-hydrogen) atoms. The highest BCUT2D eigenvalue weighted by atomic mass is 19.2. The molecule has 2 aliphatic heterocycles. The molecule has 0 saturated carbocycles. The van der Waals surface area contributed by atoms with E-state index in [9.17, 15) is 18.0 Å². The summed E-state index contributed by atoms with van der Waals surface area (Å²) in [6.07, 6.45) is 3.15. The van der Waals surface area contributed by atoms with Crippen molar-refractivity contribution in [3.05, 3.63) is 100 Å². The number of carboxylic acid groups (broad SMARTS) is 1. The van der Waals surface area contributed by atoms with Gasteiger partial charge in [0.05, 0.1) is 12.2 Å². The lowest BCUT2D eigenvalue weighted by Gasteiger charge is -2.39. The lowest BCUT2D eigenvalue weighted by Crippen LogP contribution is -2.42. The molecule has 7 nitrogen and oxygen atoms in total. The Hall–Kier alpha value is -3.76. The second-order valence-electron chi connectivity index (χ2n) is 9.16. The lowest BCUT2D eigenvalue weighted by molar-refractivity contribution is -0.142. The molecule has 0 aliphatic carbocycles. The molecule has 1 N–H and O–H groups in total. The Kier molecular flexibility index (Phi) is 6.94. The number of likely N-dealkylation sites (tertiary alicyclic amines) is 1. The number of fused-ring (bicyclic) bond motifs is 2. The molecule has 5 rings (SSSR count). The Labute approximate surface area is 211 Å². The van der Waals surface area contributed by atoms with Crippen LogP contribution in [0.3, 0.4) is 0 Å². The lowest BCUT2D eigenvalue weighted by atomic mass is 9.84. The van der Waals surface area contributed by atoms with Crippen LogP contribution in [0.15, 0.2) is 59.9 Å². The van der Waals surface area contributed by atoms with Crippen LogP contribution < -0.4 is 0 Å². The first-order valence-electron chi connectivity index (χ1n) is 11.8. The monoisotopic (exact) mass is 511 g/mol. The Morgan fingerprint density at radius 2 is 1.78 bits per heavy atom. The van der Waals surface area contributed by atoms with Gasteiger partial charge >= 0.3 is 5.97 Å². The molecule has 0 unspecified atom stereocenters. The molecular weight excluding hydrogens is 487 g/mol. The molecule has 0 atom stereocenters. The van der Waals surface area contributed by atoms with Crippen molar-refractivity contribution < 1.29 is 32.6 Å². The molecule has 0 radical (unpaired) electrons. The number of pyridine rings is 1. The van der Waals surface area contributed by atoms with E-state index >= 15 is 0 Å². The minimum atomic E-state index is -1.21. The summed E-state index contributed by atoms with van der Waals surface area (Å²) >= 11 is 0. The number of oxime groups is 1. The summed E-state index contributed by atoms with van der Waals surface area (Å²) in [5.41, 5.74) is 3.47. The third-order valence-electron chi connectivity index (χ3n) is 6.79. The van der Waals surface area contributed by atoms with Crippen LogP contribution in [0, 0.1) is 17.6 Å². The number of aromatic nitrogens is 1. The number of rotatable bonds is 7. The van der Waals surface area contributed by atoms with E-state index in [4.69, 9.17) is 14.7 Å². The van der Waals surface area contributed by atoms with E-state index in [0.29, 0.717) is 18.7 Å². The number of ether oxygens (including phenoxy) is 1. The van der Waals surface area contributed by atoms with E-state index in [2.05, 4.69) is 15.0 Å². The smallest absolute Gasteiger partial charge is 0.344 e. The summed E-state index contributed by atoms with van der Waals surface area (Å²) in [5, 5.41) is 12.7. The minimum Gasteiger partial charge on any atom is -0.479 e. The predicted octanol–water partition coefficient (Wildman–Crippen LogP) is 4.37. The average Bonchev–Trinajstić information content (AvgIpc) is 3.22. The van der Waals surface area contributed by atoms with E-state index in [1.807, 2.05) is 12.1 Å². The van der Waals surface area contributed by atoms with Gasteiger partial charge in [0.25, 0.3) is 0 Å². The molecule has 0 amide bonds. The molecule has 1 spiro atoms. The second-order valence-corrected chi connectivity index (χ2v) is 9.16. The molecule has 3 aromatic rings. The molecule has 2 aromatic carbocycles. The van der Waals surface area contributed by atoms with Crippen molar-refractivity contribution in [2.75, 3.05) is 19.7 Å². The van der Waals surface area contributed by atoms with Crippen molar-refractivity contribution in [3.8, 4) is 0 Å². The fraction of sp³-hybridized carbons (Fsp3) is 0.296. The van der Waals surface area contributed by atoms with Crippen LogP contribution >= 0.6 is 0 Å². The Morgan fingerprint density at radius 1 is 1.05 bits per heavy atom. The molecule has 1 fully saturated rings. The van der Waals surface area contributed by atoms with Crippen LogP contribution in [0.4, 0.5) is 13.2 Å². The summed E-state index contributed by atoms with van der Waals surface area (Å²) in [6, 6.07) is 12.1. The number of carboxylic acids is 1. The number of nitrogens with zero attached hydrogens (tertiary/aromatic N) is 3. The number of carbonyl (C=O) groups is 1. The summed E-state index contributed by atoms with van der Waals surface area (Å²) in [6.45, 7) is 2.01. The van der Waals surface area contributed by atoms with E-state index in [0.717, 1.165) is 54.8 Å². The van der Waals surface area contributed by atoms with Gasteiger partial charge in [0.15, 0.2) is 11.6 Å². The van der Waals surface area contributed by atoms with E-state index in [1.54, 1.807) is 18.3 Å². The summed E-state index contributed by atoms with van der Waals surface area (Å²) in [5.74, 6) is -3.74. The summed E-state index contributed by atoms with van der Waals surface area (Å²) in [4.78, 5) is 21.8. The highest BCUT2D eigenvalue weighted by Crippen LogP contribution is 2.44. The van der Waals surface area contributed by atoms with Gasteiger partial charge in [-0.2, -0.15) is 4.39 Å². The summed E-state index contributed by atoms with van der Waals surface area (Å²) < 4.78 is 46.9. The number of hydrogen-bond acceptors (Lipinski definition) is 6. The highest BCUT2D eigenvalue weighted by Gasteiger charge is 2.43. The SMILES string of the molecule is O=C(O)CON=C(c1ccc(CN2CCC3(CC2)OCc2cc(F)ncc23)cc1)c1ccc(F)c(F)c1. The number of hydrogen-bond donors (Lipinski definition) is 1. The van der Waals surface area contributed by atoms with Gasteiger partial charge < -0.3 is 14.7 Å². The molecule has 3 heterocycles. The fourth-order valence-electron chi connectivity index (χ4n) is 4.87. The predicted molar refractivity (Wildman–Crippen MR) is 127 cm³/mol. The van der Waals surface area contributed by atoms with Crippen molar-refractivity contribution in [1.29, 1.82) is 0 Å². The first-order valence-corrected chi connectivity index (χ1v) is 11.8. The second kappa shape index (κ2) is 10.3. The van der Waals surface area contributed by atoms with Gasteiger partial charge in [-0.3, -0.25) is 4.90 Å². The molecule has 192 valence electrons. The molecule has 0 bridgehead atoms. The van der Waals surface area contributed by atoms with Gasteiger partial charge in [-0.15, -0.1) is 0 Å². The van der Waals surface area contributed by atoms with Gasteiger partial charge in [0.1, 0.15) is 5.71 Å². The number of halogens is 3. The van der Waals surface area contributed by atoms with Crippen LogP contribution in [-0.4, -0.2) is 46.4 Å². The highest BCUT2D eigenvalue weighted by molar-refractivity contribution is 6.12. The first-order chi connectivity index (χ1) is 17.8. The zero-order valence-electron chi connectivity index (χ0n) is 19.8. The maximum atomic E-state index is 13.8. The van der Waals surface area contributed by atoms with Crippen molar-refractivity contribution in [3.63, 3.8) is 0 Å². The van der Waals surface area contributed by atoms with E-state index in [1.165, 1.54) is 12.1 Å². The fourth-order valence-corrected chi connectivity index (χ4v) is 4.87. The zero-order chi connectivity index (χ0) is 26.0. The quantitative estimate of drug-likeness (QED) is 0.288. The van der Waals surface area contributed by atoms with Crippen molar-refractivity contribution >= 4 is 11.7 Å². The van der Waals surface area contributed by atoms with Gasteiger partial charge in [0.2, 0.25) is 12.6 Å². The van der Waals surface area contributed by atoms with Gasteiger partial charge in [0, 0.05) is 42.5 Å².